The zero-order valence-corrected chi connectivity index (χ0v) is 11.1. The molecule has 3 fully saturated rings. The lowest BCUT2D eigenvalue weighted by Crippen LogP contribution is -2.45. The Labute approximate surface area is 105 Å². The molecular weight excluding hydrogens is 212 g/mol. The normalized spacial score (nSPS) is 37.9. The smallest absolute Gasteiger partial charge is 0.0728 e. The molecule has 0 spiro atoms. The van der Waals surface area contributed by atoms with Gasteiger partial charge in [0.1, 0.15) is 0 Å². The summed E-state index contributed by atoms with van der Waals surface area (Å²) in [6.45, 7) is 8.57. The topological polar surface area (TPSA) is 15.7 Å². The molecule has 98 valence electrons. The van der Waals surface area contributed by atoms with E-state index >= 15 is 0 Å². The van der Waals surface area contributed by atoms with E-state index in [1.807, 2.05) is 0 Å². The first-order chi connectivity index (χ1) is 8.34. The third-order valence-electron chi connectivity index (χ3n) is 4.91. The second-order valence-corrected chi connectivity index (χ2v) is 5.97. The zero-order valence-electron chi connectivity index (χ0n) is 11.1. The summed E-state index contributed by atoms with van der Waals surface area (Å²) in [5.41, 5.74) is 0. The minimum absolute atomic E-state index is 0.503. The molecule has 0 aromatic carbocycles. The van der Waals surface area contributed by atoms with Gasteiger partial charge in [-0.15, -0.1) is 0 Å². The lowest BCUT2D eigenvalue weighted by atomic mass is 10.1. The zero-order chi connectivity index (χ0) is 11.7. The van der Waals surface area contributed by atoms with Gasteiger partial charge in [-0.1, -0.05) is 0 Å². The Morgan fingerprint density at radius 2 is 1.94 bits per heavy atom. The summed E-state index contributed by atoms with van der Waals surface area (Å²) in [6, 6.07) is 1.46. The van der Waals surface area contributed by atoms with Crippen molar-refractivity contribution in [2.24, 2.45) is 0 Å². The molecule has 3 unspecified atom stereocenters. The quantitative estimate of drug-likeness (QED) is 0.728. The van der Waals surface area contributed by atoms with Crippen molar-refractivity contribution in [1.29, 1.82) is 0 Å². The number of ether oxygens (including phenoxy) is 1. The van der Waals surface area contributed by atoms with E-state index in [9.17, 15) is 0 Å². The molecule has 3 nitrogen and oxygen atoms in total. The van der Waals surface area contributed by atoms with Crippen LogP contribution in [0.15, 0.2) is 0 Å². The summed E-state index contributed by atoms with van der Waals surface area (Å²) in [6.07, 6.45) is 7.20. The molecule has 3 aliphatic heterocycles. The largest absolute Gasteiger partial charge is 0.377 e. The lowest BCUT2D eigenvalue weighted by Gasteiger charge is -2.33. The van der Waals surface area contributed by atoms with Gasteiger partial charge in [0.15, 0.2) is 0 Å². The first-order valence-electron chi connectivity index (χ1n) is 7.44. The van der Waals surface area contributed by atoms with Gasteiger partial charge in [-0.25, -0.2) is 0 Å². The molecular formula is C14H26N2O. The molecule has 3 rings (SSSR count). The number of nitrogens with zero attached hydrogens (tertiary/aromatic N) is 2. The van der Waals surface area contributed by atoms with Crippen molar-refractivity contribution in [2.45, 2.75) is 57.2 Å². The fourth-order valence-electron chi connectivity index (χ4n) is 3.82. The van der Waals surface area contributed by atoms with Gasteiger partial charge in [0.05, 0.1) is 6.10 Å². The fourth-order valence-corrected chi connectivity index (χ4v) is 3.82. The predicted molar refractivity (Wildman–Crippen MR) is 69.2 cm³/mol. The van der Waals surface area contributed by atoms with Gasteiger partial charge in [-0.3, -0.25) is 9.80 Å². The van der Waals surface area contributed by atoms with Crippen molar-refractivity contribution in [2.75, 3.05) is 32.8 Å². The number of hydrogen-bond donors (Lipinski definition) is 0. The summed E-state index contributed by atoms with van der Waals surface area (Å²) in [7, 11) is 0. The van der Waals surface area contributed by atoms with E-state index in [-0.39, 0.29) is 0 Å². The molecule has 0 aliphatic carbocycles. The van der Waals surface area contributed by atoms with Crippen LogP contribution in [0.25, 0.3) is 0 Å². The van der Waals surface area contributed by atoms with E-state index in [0.29, 0.717) is 12.1 Å². The maximum absolute atomic E-state index is 5.86. The van der Waals surface area contributed by atoms with Crippen LogP contribution in [0.4, 0.5) is 0 Å². The van der Waals surface area contributed by atoms with Crippen LogP contribution in [0.1, 0.15) is 39.0 Å². The van der Waals surface area contributed by atoms with Crippen molar-refractivity contribution in [3.63, 3.8) is 0 Å². The van der Waals surface area contributed by atoms with Gasteiger partial charge < -0.3 is 4.74 Å². The molecule has 3 heterocycles. The van der Waals surface area contributed by atoms with Crippen LogP contribution in [-0.2, 0) is 4.74 Å². The lowest BCUT2D eigenvalue weighted by molar-refractivity contribution is 0.0289. The molecule has 0 N–H and O–H groups in total. The highest BCUT2D eigenvalue weighted by Crippen LogP contribution is 2.25. The van der Waals surface area contributed by atoms with Crippen LogP contribution < -0.4 is 0 Å². The maximum Gasteiger partial charge on any atom is 0.0728 e. The van der Waals surface area contributed by atoms with Crippen molar-refractivity contribution < 1.29 is 4.74 Å². The van der Waals surface area contributed by atoms with Gasteiger partial charge in [-0.05, 0) is 58.7 Å². The van der Waals surface area contributed by atoms with Crippen LogP contribution in [0.2, 0.25) is 0 Å². The SMILES string of the molecule is CC(C1CCCO1)N1CCCN2CCCC2C1. The monoisotopic (exact) mass is 238 g/mol. The van der Waals surface area contributed by atoms with Gasteiger partial charge in [0.25, 0.3) is 0 Å². The van der Waals surface area contributed by atoms with Gasteiger partial charge in [0, 0.05) is 25.2 Å². The second-order valence-electron chi connectivity index (χ2n) is 5.97. The van der Waals surface area contributed by atoms with E-state index in [1.165, 1.54) is 58.3 Å². The molecule has 3 atom stereocenters. The molecule has 0 bridgehead atoms. The Kier molecular flexibility index (Phi) is 3.69. The highest BCUT2D eigenvalue weighted by Gasteiger charge is 2.33. The summed E-state index contributed by atoms with van der Waals surface area (Å²) in [5, 5.41) is 0. The Balaban J connectivity index is 1.61. The summed E-state index contributed by atoms with van der Waals surface area (Å²) in [5.74, 6) is 0. The number of fused-ring (bicyclic) bond motifs is 1. The average molecular weight is 238 g/mol. The highest BCUT2D eigenvalue weighted by molar-refractivity contribution is 4.89. The highest BCUT2D eigenvalue weighted by atomic mass is 16.5. The molecule has 0 saturated carbocycles. The van der Waals surface area contributed by atoms with Gasteiger partial charge >= 0.3 is 0 Å². The molecule has 3 saturated heterocycles. The minimum Gasteiger partial charge on any atom is -0.377 e. The Hall–Kier alpha value is -0.120. The molecule has 3 heteroatoms. The first kappa shape index (κ1) is 11.9. The van der Waals surface area contributed by atoms with Crippen LogP contribution in [0, 0.1) is 0 Å². The maximum atomic E-state index is 5.86. The van der Waals surface area contributed by atoms with Gasteiger partial charge in [-0.2, -0.15) is 0 Å². The summed E-state index contributed by atoms with van der Waals surface area (Å²) in [4.78, 5) is 5.41. The van der Waals surface area contributed by atoms with Crippen molar-refractivity contribution in [1.82, 2.24) is 9.80 Å². The third-order valence-corrected chi connectivity index (χ3v) is 4.91. The fraction of sp³-hybridized carbons (Fsp3) is 1.00. The van der Waals surface area contributed by atoms with E-state index in [0.717, 1.165) is 12.6 Å². The molecule has 0 aromatic heterocycles. The van der Waals surface area contributed by atoms with Crippen molar-refractivity contribution in [3.8, 4) is 0 Å². The van der Waals surface area contributed by atoms with E-state index in [1.54, 1.807) is 0 Å². The molecule has 17 heavy (non-hydrogen) atoms. The van der Waals surface area contributed by atoms with Crippen molar-refractivity contribution >= 4 is 0 Å². The standard InChI is InChI=1S/C14H26N2O/c1-12(14-6-3-10-17-14)16-9-4-8-15-7-2-5-13(15)11-16/h12-14H,2-11H2,1H3. The average Bonchev–Trinajstić information content (AvgIpc) is 2.96. The van der Waals surface area contributed by atoms with Gasteiger partial charge in [0.2, 0.25) is 0 Å². The van der Waals surface area contributed by atoms with Crippen LogP contribution in [-0.4, -0.2) is 60.8 Å². The third kappa shape index (κ3) is 2.51. The Morgan fingerprint density at radius 3 is 2.76 bits per heavy atom. The van der Waals surface area contributed by atoms with E-state index in [4.69, 9.17) is 4.74 Å². The Morgan fingerprint density at radius 1 is 1.06 bits per heavy atom. The molecule has 0 amide bonds. The molecule has 0 aromatic rings. The van der Waals surface area contributed by atoms with Crippen LogP contribution in [0.5, 0.6) is 0 Å². The van der Waals surface area contributed by atoms with E-state index < -0.39 is 0 Å². The van der Waals surface area contributed by atoms with Crippen LogP contribution in [0.3, 0.4) is 0 Å². The number of hydrogen-bond acceptors (Lipinski definition) is 3. The molecule has 0 radical (unpaired) electrons. The van der Waals surface area contributed by atoms with E-state index in [2.05, 4.69) is 16.7 Å². The number of rotatable bonds is 2. The minimum atomic E-state index is 0.503. The predicted octanol–water partition coefficient (Wildman–Crippen LogP) is 1.72. The first-order valence-corrected chi connectivity index (χ1v) is 7.44. The Bertz CT molecular complexity index is 253. The van der Waals surface area contributed by atoms with Crippen LogP contribution >= 0.6 is 0 Å². The summed E-state index contributed by atoms with van der Waals surface area (Å²) < 4.78 is 5.86. The second kappa shape index (κ2) is 5.25. The summed E-state index contributed by atoms with van der Waals surface area (Å²) >= 11 is 0. The van der Waals surface area contributed by atoms with Crippen molar-refractivity contribution in [3.05, 3.63) is 0 Å². The molecule has 3 aliphatic rings.